The van der Waals surface area contributed by atoms with Crippen LogP contribution in [0.5, 0.6) is 0 Å². The van der Waals surface area contributed by atoms with Crippen molar-refractivity contribution in [3.63, 3.8) is 0 Å². The van der Waals surface area contributed by atoms with Crippen LogP contribution < -0.4 is 0 Å². The van der Waals surface area contributed by atoms with Gasteiger partial charge in [-0.15, -0.1) is 0 Å². The van der Waals surface area contributed by atoms with Crippen molar-refractivity contribution < 1.29 is 38.8 Å². The van der Waals surface area contributed by atoms with Crippen molar-refractivity contribution in [1.29, 1.82) is 0 Å². The number of aliphatic hydroxyl groups excluding tert-OH is 1. The molecule has 0 aromatic rings. The summed E-state index contributed by atoms with van der Waals surface area (Å²) in [6, 6.07) is 0. The second-order valence-electron chi connectivity index (χ2n) is 9.64. The van der Waals surface area contributed by atoms with Gasteiger partial charge in [0.05, 0.1) is 10.8 Å². The molecular formula is C20H30O8. The predicted octanol–water partition coefficient (Wildman–Crippen LogP) is 1.73. The Balaban J connectivity index is 1.61. The van der Waals surface area contributed by atoms with E-state index in [1.54, 1.807) is 0 Å². The normalized spacial score (nSPS) is 34.7. The summed E-state index contributed by atoms with van der Waals surface area (Å²) in [6.07, 6.45) is 2.13. The van der Waals surface area contributed by atoms with Gasteiger partial charge < -0.3 is 24.4 Å². The van der Waals surface area contributed by atoms with E-state index in [1.807, 2.05) is 20.8 Å². The second-order valence-corrected chi connectivity index (χ2v) is 9.64. The third-order valence-corrected chi connectivity index (χ3v) is 6.20. The molecule has 4 aliphatic carbocycles. The highest BCUT2D eigenvalue weighted by molar-refractivity contribution is 5.78. The number of carbonyl (C=O) groups excluding carboxylic acids is 2. The SMILES string of the molecule is CC(C)(C)C(=O)OC1C2CC3CC1CC(C(=O)OC(O)COCC(=O)O)(C3)C2. The van der Waals surface area contributed by atoms with E-state index in [0.29, 0.717) is 18.8 Å². The summed E-state index contributed by atoms with van der Waals surface area (Å²) in [5.41, 5.74) is -1.22. The number of aliphatic hydroxyl groups is 1. The highest BCUT2D eigenvalue weighted by Crippen LogP contribution is 2.61. The smallest absolute Gasteiger partial charge is 0.329 e. The largest absolute Gasteiger partial charge is 0.480 e. The third kappa shape index (κ3) is 4.33. The Hall–Kier alpha value is -1.67. The van der Waals surface area contributed by atoms with Crippen LogP contribution in [-0.2, 0) is 28.6 Å². The first kappa shape index (κ1) is 21.0. The molecule has 3 atom stereocenters. The molecule has 4 saturated carbocycles. The van der Waals surface area contributed by atoms with Gasteiger partial charge in [0.2, 0.25) is 6.29 Å². The van der Waals surface area contributed by atoms with E-state index in [9.17, 15) is 19.5 Å². The Morgan fingerprint density at radius 3 is 2.25 bits per heavy atom. The zero-order chi connectivity index (χ0) is 20.7. The Morgan fingerprint density at radius 1 is 1.11 bits per heavy atom. The molecule has 0 aromatic heterocycles. The maximum absolute atomic E-state index is 12.8. The molecule has 0 saturated heterocycles. The van der Waals surface area contributed by atoms with E-state index in [0.717, 1.165) is 19.3 Å². The number of rotatable bonds is 7. The second kappa shape index (κ2) is 7.63. The molecule has 0 aliphatic heterocycles. The molecule has 0 spiro atoms. The van der Waals surface area contributed by atoms with Gasteiger partial charge in [0, 0.05) is 0 Å². The van der Waals surface area contributed by atoms with E-state index in [1.165, 1.54) is 0 Å². The molecule has 8 nitrogen and oxygen atoms in total. The summed E-state index contributed by atoms with van der Waals surface area (Å²) in [5, 5.41) is 18.4. The van der Waals surface area contributed by atoms with Crippen LogP contribution in [-0.4, -0.2) is 53.7 Å². The molecule has 158 valence electrons. The van der Waals surface area contributed by atoms with Crippen molar-refractivity contribution in [2.75, 3.05) is 13.2 Å². The maximum Gasteiger partial charge on any atom is 0.329 e. The molecule has 4 aliphatic rings. The number of esters is 2. The lowest BCUT2D eigenvalue weighted by Gasteiger charge is -2.58. The lowest BCUT2D eigenvalue weighted by Crippen LogP contribution is -2.58. The van der Waals surface area contributed by atoms with Gasteiger partial charge in [0.1, 0.15) is 19.3 Å². The first-order valence-corrected chi connectivity index (χ1v) is 9.90. The van der Waals surface area contributed by atoms with Gasteiger partial charge in [-0.25, -0.2) is 4.79 Å². The van der Waals surface area contributed by atoms with Gasteiger partial charge in [-0.3, -0.25) is 9.59 Å². The highest BCUT2D eigenvalue weighted by atomic mass is 16.7. The maximum atomic E-state index is 12.8. The Morgan fingerprint density at radius 2 is 1.71 bits per heavy atom. The van der Waals surface area contributed by atoms with E-state index in [4.69, 9.17) is 19.3 Å². The molecule has 4 fully saturated rings. The van der Waals surface area contributed by atoms with Gasteiger partial charge in [-0.1, -0.05) is 0 Å². The number of ether oxygens (including phenoxy) is 3. The minimum absolute atomic E-state index is 0.130. The van der Waals surface area contributed by atoms with Gasteiger partial charge in [0.25, 0.3) is 0 Å². The Bertz CT molecular complexity index is 621. The summed E-state index contributed by atoms with van der Waals surface area (Å²) in [5.74, 6) is -1.17. The van der Waals surface area contributed by atoms with Crippen molar-refractivity contribution in [1.82, 2.24) is 0 Å². The lowest BCUT2D eigenvalue weighted by molar-refractivity contribution is -0.215. The number of hydrogen-bond acceptors (Lipinski definition) is 7. The fraction of sp³-hybridized carbons (Fsp3) is 0.850. The summed E-state index contributed by atoms with van der Waals surface area (Å²) in [4.78, 5) is 35.6. The minimum Gasteiger partial charge on any atom is -0.480 e. The van der Waals surface area contributed by atoms with E-state index in [2.05, 4.69) is 0 Å². The lowest BCUT2D eigenvalue weighted by atomic mass is 9.48. The summed E-state index contributed by atoms with van der Waals surface area (Å²) < 4.78 is 15.8. The molecule has 8 heteroatoms. The molecule has 4 rings (SSSR count). The van der Waals surface area contributed by atoms with Crippen molar-refractivity contribution in [3.8, 4) is 0 Å². The molecule has 3 unspecified atom stereocenters. The molecule has 0 heterocycles. The molecule has 2 N–H and O–H groups in total. The van der Waals surface area contributed by atoms with Gasteiger partial charge >= 0.3 is 17.9 Å². The monoisotopic (exact) mass is 398 g/mol. The van der Waals surface area contributed by atoms with Crippen LogP contribution in [0.2, 0.25) is 0 Å². The zero-order valence-electron chi connectivity index (χ0n) is 16.7. The first-order valence-electron chi connectivity index (χ1n) is 9.90. The van der Waals surface area contributed by atoms with E-state index >= 15 is 0 Å². The number of carboxylic acid groups (broad SMARTS) is 1. The van der Waals surface area contributed by atoms with Crippen LogP contribution in [0.3, 0.4) is 0 Å². The number of carbonyl (C=O) groups is 3. The molecular weight excluding hydrogens is 368 g/mol. The number of hydrogen-bond donors (Lipinski definition) is 2. The zero-order valence-corrected chi connectivity index (χ0v) is 16.7. The predicted molar refractivity (Wildman–Crippen MR) is 95.9 cm³/mol. The number of carboxylic acids is 1. The third-order valence-electron chi connectivity index (χ3n) is 6.20. The molecule has 28 heavy (non-hydrogen) atoms. The number of aliphatic carboxylic acids is 1. The summed E-state index contributed by atoms with van der Waals surface area (Å²) in [7, 11) is 0. The Labute approximate surface area is 164 Å². The molecule has 4 bridgehead atoms. The average molecular weight is 398 g/mol. The first-order chi connectivity index (χ1) is 13.0. The van der Waals surface area contributed by atoms with Gasteiger partial charge in [-0.2, -0.15) is 0 Å². The minimum atomic E-state index is -1.49. The van der Waals surface area contributed by atoms with E-state index < -0.39 is 35.7 Å². The molecule has 0 amide bonds. The van der Waals surface area contributed by atoms with Crippen LogP contribution in [0.25, 0.3) is 0 Å². The Kier molecular flexibility index (Phi) is 5.74. The van der Waals surface area contributed by atoms with Crippen LogP contribution in [0.1, 0.15) is 52.9 Å². The van der Waals surface area contributed by atoms with E-state index in [-0.39, 0.29) is 30.5 Å². The van der Waals surface area contributed by atoms with Gasteiger partial charge in [0.15, 0.2) is 0 Å². The van der Waals surface area contributed by atoms with Crippen molar-refractivity contribution in [2.24, 2.45) is 28.6 Å². The topological polar surface area (TPSA) is 119 Å². The fourth-order valence-corrected chi connectivity index (χ4v) is 5.25. The van der Waals surface area contributed by atoms with Crippen molar-refractivity contribution in [3.05, 3.63) is 0 Å². The standard InChI is InChI=1S/C20H30O8/c1-19(2,3)17(24)28-16-12-4-11-5-13(16)8-20(6-11,7-12)18(25)27-15(23)10-26-9-14(21)22/h11-13,15-16,23H,4-10H2,1-3H3,(H,21,22). The van der Waals surface area contributed by atoms with Crippen LogP contribution in [0, 0.1) is 28.6 Å². The molecule has 0 radical (unpaired) electrons. The van der Waals surface area contributed by atoms with Gasteiger partial charge in [-0.05, 0) is 70.6 Å². The quantitative estimate of drug-likeness (QED) is 0.492. The summed E-state index contributed by atoms with van der Waals surface area (Å²) in [6.45, 7) is 4.55. The van der Waals surface area contributed by atoms with Crippen LogP contribution >= 0.6 is 0 Å². The van der Waals surface area contributed by atoms with Crippen LogP contribution in [0.15, 0.2) is 0 Å². The highest BCUT2D eigenvalue weighted by Gasteiger charge is 2.60. The fourth-order valence-electron chi connectivity index (χ4n) is 5.25. The summed E-state index contributed by atoms with van der Waals surface area (Å²) >= 11 is 0. The molecule has 0 aromatic carbocycles. The van der Waals surface area contributed by atoms with Crippen molar-refractivity contribution in [2.45, 2.75) is 65.3 Å². The average Bonchev–Trinajstić information content (AvgIpc) is 2.56. The van der Waals surface area contributed by atoms with Crippen LogP contribution in [0.4, 0.5) is 0 Å². The van der Waals surface area contributed by atoms with Crippen molar-refractivity contribution >= 4 is 17.9 Å².